The Hall–Kier alpha value is -18.8. The molecule has 0 fully saturated rings. The number of para-hydroxylation sites is 8. The van der Waals surface area contributed by atoms with Gasteiger partial charge in [0.05, 0.1) is 0 Å². The first-order valence-corrected chi connectivity index (χ1v) is 50.2. The summed E-state index contributed by atoms with van der Waals surface area (Å²) in [6.45, 7) is 9.52. The zero-order valence-corrected chi connectivity index (χ0v) is 80.8. The van der Waals surface area contributed by atoms with Gasteiger partial charge in [-0.15, -0.1) is 0 Å². The highest BCUT2D eigenvalue weighted by Gasteiger charge is 2.39. The van der Waals surface area contributed by atoms with Crippen molar-refractivity contribution in [2.24, 2.45) is 0 Å². The second kappa shape index (κ2) is 34.0. The van der Waals surface area contributed by atoms with Gasteiger partial charge in [-0.1, -0.05) is 307 Å². The maximum Gasteiger partial charge on any atom is 0.143 e. The number of fused-ring (bicyclic) bond motifs is 18. The quantitative estimate of drug-likeness (QED) is 0.0793. The summed E-state index contributed by atoms with van der Waals surface area (Å²) >= 11 is 0. The molecule has 0 aliphatic heterocycles. The Bertz CT molecular complexity index is 9640. The molecule has 0 N–H and O–H groups in total. The van der Waals surface area contributed by atoms with Gasteiger partial charge >= 0.3 is 0 Å². The van der Waals surface area contributed by atoms with Crippen molar-refractivity contribution in [3.8, 4) is 100 Å². The topological polar surface area (TPSA) is 65.5 Å². The van der Waals surface area contributed by atoms with Crippen molar-refractivity contribution in [1.29, 1.82) is 0 Å². The van der Waals surface area contributed by atoms with Gasteiger partial charge in [-0.25, -0.2) is 0 Å². The smallest absolute Gasteiger partial charge is 0.143 e. The Kier molecular flexibility index (Phi) is 19.9. The second-order valence-electron chi connectivity index (χ2n) is 39.8. The van der Waals surface area contributed by atoms with Crippen molar-refractivity contribution < 1.29 is 17.7 Å². The van der Waals surface area contributed by atoms with Crippen LogP contribution in [0.1, 0.15) is 49.9 Å². The Morgan fingerprint density at radius 3 is 0.747 bits per heavy atom. The largest absolute Gasteiger partial charge is 0.456 e. The predicted octanol–water partition coefficient (Wildman–Crippen LogP) is 39.4. The summed E-state index contributed by atoms with van der Waals surface area (Å²) in [4.78, 5) is 9.48. The van der Waals surface area contributed by atoms with Crippen molar-refractivity contribution in [1.82, 2.24) is 0 Å². The monoisotopic (exact) mass is 1870 g/mol. The van der Waals surface area contributed by atoms with Gasteiger partial charge in [0.2, 0.25) is 0 Å². The van der Waals surface area contributed by atoms with Crippen LogP contribution in [0.15, 0.2) is 515 Å². The first-order chi connectivity index (χ1) is 71.8. The highest BCUT2D eigenvalue weighted by molar-refractivity contribution is 6.14. The molecule has 22 aromatic carbocycles. The van der Waals surface area contributed by atoms with Crippen molar-refractivity contribution in [3.63, 3.8) is 0 Å². The Morgan fingerprint density at radius 2 is 0.377 bits per heavy atom. The number of furan rings is 4. The molecule has 2 aliphatic rings. The average Bonchev–Trinajstić information content (AvgIpc) is 1.56. The van der Waals surface area contributed by atoms with Crippen LogP contribution in [0.4, 0.5) is 68.2 Å². The van der Waals surface area contributed by atoms with Gasteiger partial charge in [-0.05, 0) is 330 Å². The Morgan fingerprint density at radius 1 is 0.137 bits per heavy atom. The number of nitrogens with zero attached hydrogens (tertiary/aromatic N) is 4. The minimum atomic E-state index is -0.382. The molecule has 4 heterocycles. The first kappa shape index (κ1) is 85.2. The number of hydrogen-bond acceptors (Lipinski definition) is 8. The van der Waals surface area contributed by atoms with Gasteiger partial charge in [-0.2, -0.15) is 0 Å². The van der Waals surface area contributed by atoms with Gasteiger partial charge in [0.15, 0.2) is 0 Å². The Labute approximate surface area is 845 Å². The lowest BCUT2D eigenvalue weighted by Crippen LogP contribution is -2.16. The lowest BCUT2D eigenvalue weighted by atomic mass is 9.81. The van der Waals surface area contributed by atoms with Crippen LogP contribution in [0, 0.1) is 0 Å². The van der Waals surface area contributed by atoms with Gasteiger partial charge in [-0.3, -0.25) is 0 Å². The van der Waals surface area contributed by atoms with E-state index in [0.29, 0.717) is 0 Å². The van der Waals surface area contributed by atoms with Gasteiger partial charge < -0.3 is 37.3 Å². The summed E-state index contributed by atoms with van der Waals surface area (Å²) in [5.74, 6) is 0. The molecule has 0 saturated carbocycles. The standard InChI is InChI=1S/C138H94N4O4/c1-137(2)125-83-96(111-33-22-34-120-116-29-14-20-37-131(116)145-135(111)120)53-73-112(125)114-75-71-109(85-127(114)137)141(100-25-10-6-11-26-100)107-61-43-89(44-62-107)90-45-63-108(64-46-90)142(101-27-12-7-13-28-101)110-72-76-115-113-74-54-97(84-126(113)138(3,4)128(115)86-110)121-81-98(82-124-119-32-17-21-38-132(119)146-136(121)124)93-51-69-106(70-52-93)140(105-67-49-92(50-68-105)95-56-78-134-123(80-95)118-31-16-19-36-130(118)144-134)104-59-41-88(42-60-104)87-39-57-102(58-40-87)139(99-23-8-5-9-24-99)103-65-47-91(48-66-103)94-55-77-133-122(79-94)117-30-15-18-35-129(117)143-133/h5-86H,1-4H3. The molecule has 0 radical (unpaired) electrons. The fourth-order valence-corrected chi connectivity index (χ4v) is 23.2. The van der Waals surface area contributed by atoms with Crippen molar-refractivity contribution in [3.05, 3.63) is 520 Å². The minimum absolute atomic E-state index is 0.275. The van der Waals surface area contributed by atoms with Crippen LogP contribution < -0.4 is 19.6 Å². The van der Waals surface area contributed by atoms with E-state index < -0.39 is 0 Å². The maximum absolute atomic E-state index is 7.02. The molecular weight excluding hydrogens is 1780 g/mol. The highest BCUT2D eigenvalue weighted by atomic mass is 16.3. The van der Waals surface area contributed by atoms with E-state index in [1.807, 2.05) is 30.3 Å². The first-order valence-electron chi connectivity index (χ1n) is 50.2. The minimum Gasteiger partial charge on any atom is -0.456 e. The van der Waals surface area contributed by atoms with E-state index in [9.17, 15) is 0 Å². The van der Waals surface area contributed by atoms with E-state index >= 15 is 0 Å². The van der Waals surface area contributed by atoms with E-state index in [4.69, 9.17) is 17.7 Å². The highest BCUT2D eigenvalue weighted by Crippen LogP contribution is 2.57. The van der Waals surface area contributed by atoms with Crippen LogP contribution in [0.2, 0.25) is 0 Å². The third kappa shape index (κ3) is 14.3. The van der Waals surface area contributed by atoms with Crippen LogP contribution in [-0.2, 0) is 10.8 Å². The normalized spacial score (nSPS) is 12.8. The van der Waals surface area contributed by atoms with E-state index in [-0.39, 0.29) is 10.8 Å². The van der Waals surface area contributed by atoms with Gasteiger partial charge in [0.25, 0.3) is 0 Å². The van der Waals surface area contributed by atoms with Gasteiger partial charge in [0.1, 0.15) is 44.7 Å². The molecule has 0 amide bonds. The fourth-order valence-electron chi connectivity index (χ4n) is 23.2. The van der Waals surface area contributed by atoms with Crippen LogP contribution in [0.3, 0.4) is 0 Å². The molecule has 0 atom stereocenters. The Balaban J connectivity index is 0.465. The summed E-state index contributed by atoms with van der Waals surface area (Å²) in [5.41, 5.74) is 45.0. The fraction of sp³-hybridized carbons (Fsp3) is 0.0435. The lowest BCUT2D eigenvalue weighted by molar-refractivity contribution is 0.660. The molecule has 8 nitrogen and oxygen atoms in total. The molecular formula is C138H94N4O4. The van der Waals surface area contributed by atoms with E-state index in [0.717, 1.165) is 234 Å². The van der Waals surface area contributed by atoms with E-state index in [1.165, 1.54) is 44.5 Å². The van der Waals surface area contributed by atoms with Crippen LogP contribution in [0.5, 0.6) is 0 Å². The summed E-state index contributed by atoms with van der Waals surface area (Å²) in [7, 11) is 0. The van der Waals surface area contributed by atoms with Crippen molar-refractivity contribution in [2.45, 2.75) is 38.5 Å². The zero-order valence-electron chi connectivity index (χ0n) is 80.8. The van der Waals surface area contributed by atoms with Crippen LogP contribution in [-0.4, -0.2) is 0 Å². The lowest BCUT2D eigenvalue weighted by Gasteiger charge is -2.28. The molecule has 2 aliphatic carbocycles. The van der Waals surface area contributed by atoms with Crippen molar-refractivity contribution in [2.75, 3.05) is 19.6 Å². The molecule has 690 valence electrons. The molecule has 26 aromatic rings. The molecule has 0 saturated heterocycles. The summed E-state index contributed by atoms with van der Waals surface area (Å²) < 4.78 is 26.1. The van der Waals surface area contributed by atoms with Crippen molar-refractivity contribution >= 4 is 156 Å². The third-order valence-electron chi connectivity index (χ3n) is 30.7. The van der Waals surface area contributed by atoms with Crippen LogP contribution in [0.25, 0.3) is 188 Å². The second-order valence-corrected chi connectivity index (χ2v) is 39.8. The number of benzene rings is 22. The van der Waals surface area contributed by atoms with E-state index in [1.54, 1.807) is 0 Å². The summed E-state index contributed by atoms with van der Waals surface area (Å²) in [5, 5.41) is 8.86. The molecule has 0 bridgehead atoms. The number of anilines is 12. The molecule has 0 spiro atoms. The molecule has 4 aromatic heterocycles. The summed E-state index contributed by atoms with van der Waals surface area (Å²) in [6.07, 6.45) is 0. The van der Waals surface area contributed by atoms with Crippen LogP contribution >= 0.6 is 0 Å². The van der Waals surface area contributed by atoms with E-state index in [2.05, 4.69) is 514 Å². The number of rotatable bonds is 19. The molecule has 146 heavy (non-hydrogen) atoms. The SMILES string of the molecule is CC1(C)c2cc(-c3cccc4c3oc3ccccc34)ccc2-c2ccc(N(c3ccccc3)c3ccc(-c4ccc(N(c5ccccc5)c5ccc6c(c5)C(C)(C)c5cc(-c7cc(-c8ccc(N(c9ccc(-c%10ccc(N(c%11ccccc%11)c%11ccc(-c%12ccc%13oc%14ccccc%14c%13c%12)cc%11)cc%10)cc9)c9ccc(-c%10ccc%11oc%12ccccc%12c%11c%10)cc9)cc8)cc8c7oc7ccccc78)ccc5-6)cc4)cc3)cc21. The van der Waals surface area contributed by atoms with Gasteiger partial charge in [0, 0.05) is 133 Å². The maximum atomic E-state index is 7.02. The summed E-state index contributed by atoms with van der Waals surface area (Å²) in [6, 6.07) is 181. The zero-order chi connectivity index (χ0) is 97.0. The molecule has 8 heteroatoms. The predicted molar refractivity (Wildman–Crippen MR) is 607 cm³/mol. The molecule has 28 rings (SSSR count). The average molecular weight is 1870 g/mol. The molecule has 0 unspecified atom stereocenters. The number of hydrogen-bond donors (Lipinski definition) is 0. The third-order valence-corrected chi connectivity index (χ3v) is 30.7.